The van der Waals surface area contributed by atoms with E-state index in [2.05, 4.69) is 60.1 Å². The molecule has 1 amide bonds. The Hall–Kier alpha value is -2.82. The summed E-state index contributed by atoms with van der Waals surface area (Å²) in [4.78, 5) is 16.3. The van der Waals surface area contributed by atoms with Crippen molar-refractivity contribution in [2.24, 2.45) is 0 Å². The molecule has 0 saturated heterocycles. The quantitative estimate of drug-likeness (QED) is 0.457. The lowest BCUT2D eigenvalue weighted by atomic mass is 10.1. The second-order valence-corrected chi connectivity index (χ2v) is 7.85. The van der Waals surface area contributed by atoms with Crippen molar-refractivity contribution in [1.82, 2.24) is 14.9 Å². The number of rotatable bonds is 11. The van der Waals surface area contributed by atoms with Crippen LogP contribution in [0.1, 0.15) is 49.6 Å². The van der Waals surface area contributed by atoms with Crippen LogP contribution in [-0.4, -0.2) is 28.6 Å². The summed E-state index contributed by atoms with van der Waals surface area (Å²) in [6.45, 7) is 8.40. The van der Waals surface area contributed by atoms with E-state index in [1.54, 1.807) is 0 Å². The van der Waals surface area contributed by atoms with E-state index in [1.165, 1.54) is 16.6 Å². The summed E-state index contributed by atoms with van der Waals surface area (Å²) < 4.78 is 8.28. The summed E-state index contributed by atoms with van der Waals surface area (Å²) in [7, 11) is 0. The molecule has 5 nitrogen and oxygen atoms in total. The van der Waals surface area contributed by atoms with Crippen molar-refractivity contribution >= 4 is 16.9 Å². The van der Waals surface area contributed by atoms with Crippen LogP contribution in [0.3, 0.4) is 0 Å². The lowest BCUT2D eigenvalue weighted by molar-refractivity contribution is -0.120. The maximum absolute atomic E-state index is 11.4. The van der Waals surface area contributed by atoms with Crippen molar-refractivity contribution in [3.63, 3.8) is 0 Å². The van der Waals surface area contributed by atoms with Gasteiger partial charge in [-0.25, -0.2) is 4.98 Å². The van der Waals surface area contributed by atoms with Crippen molar-refractivity contribution in [3.8, 4) is 5.75 Å². The van der Waals surface area contributed by atoms with Crippen LogP contribution in [0.5, 0.6) is 5.75 Å². The Bertz CT molecular complexity index is 957. The standard InChI is InChI=1S/C25H33N3O2/c1-4-25(29)26-13-9-12-24-27-22-10-5-6-11-23(22)28(24)14-7-8-15-30-21-17-19(2)16-20(3)18-21/h5-6,10-11,16-18H,4,7-9,12-15H2,1-3H3,(H,26,29). The molecule has 0 spiro atoms. The summed E-state index contributed by atoms with van der Waals surface area (Å²) in [6, 6.07) is 14.6. The minimum atomic E-state index is 0.104. The van der Waals surface area contributed by atoms with E-state index in [0.29, 0.717) is 19.6 Å². The first kappa shape index (κ1) is 21.9. The summed E-state index contributed by atoms with van der Waals surface area (Å²) in [5.74, 6) is 2.15. The van der Waals surface area contributed by atoms with Gasteiger partial charge in [0.25, 0.3) is 0 Å². The minimum absolute atomic E-state index is 0.104. The molecule has 160 valence electrons. The summed E-state index contributed by atoms with van der Waals surface area (Å²) in [5.41, 5.74) is 4.68. The number of carbonyl (C=O) groups is 1. The molecule has 1 heterocycles. The molecular weight excluding hydrogens is 374 g/mol. The Morgan fingerprint density at radius 1 is 1.07 bits per heavy atom. The van der Waals surface area contributed by atoms with Gasteiger partial charge in [0.1, 0.15) is 11.6 Å². The third-order valence-electron chi connectivity index (χ3n) is 5.19. The van der Waals surface area contributed by atoms with Crippen molar-refractivity contribution < 1.29 is 9.53 Å². The van der Waals surface area contributed by atoms with Gasteiger partial charge in [-0.05, 0) is 68.5 Å². The predicted octanol–water partition coefficient (Wildman–Crippen LogP) is 4.97. The molecule has 2 aromatic carbocycles. The number of imidazole rings is 1. The SMILES string of the molecule is CCC(=O)NCCCc1nc2ccccc2n1CCCCOc1cc(C)cc(C)c1. The zero-order valence-electron chi connectivity index (χ0n) is 18.4. The van der Waals surface area contributed by atoms with E-state index in [4.69, 9.17) is 9.72 Å². The van der Waals surface area contributed by atoms with Crippen molar-refractivity contribution in [3.05, 3.63) is 59.4 Å². The number of amides is 1. The highest BCUT2D eigenvalue weighted by Gasteiger charge is 2.10. The van der Waals surface area contributed by atoms with Gasteiger partial charge in [-0.2, -0.15) is 0 Å². The first-order valence-electron chi connectivity index (χ1n) is 11.0. The normalized spacial score (nSPS) is 11.0. The molecule has 3 aromatic rings. The average molecular weight is 408 g/mol. The van der Waals surface area contributed by atoms with Crippen LogP contribution in [-0.2, 0) is 17.8 Å². The lowest BCUT2D eigenvalue weighted by Gasteiger charge is -2.11. The molecule has 0 fully saturated rings. The van der Waals surface area contributed by atoms with E-state index < -0.39 is 0 Å². The number of nitrogens with one attached hydrogen (secondary N) is 1. The number of benzene rings is 2. The fourth-order valence-corrected chi connectivity index (χ4v) is 3.74. The van der Waals surface area contributed by atoms with Crippen LogP contribution in [0.4, 0.5) is 0 Å². The van der Waals surface area contributed by atoms with Gasteiger partial charge >= 0.3 is 0 Å². The smallest absolute Gasteiger partial charge is 0.219 e. The molecule has 5 heteroatoms. The van der Waals surface area contributed by atoms with Gasteiger partial charge in [-0.15, -0.1) is 0 Å². The minimum Gasteiger partial charge on any atom is -0.494 e. The number of hydrogen-bond acceptors (Lipinski definition) is 3. The zero-order chi connectivity index (χ0) is 21.3. The molecule has 1 aromatic heterocycles. The molecule has 1 N–H and O–H groups in total. The molecule has 0 atom stereocenters. The van der Waals surface area contributed by atoms with Crippen LogP contribution in [0.2, 0.25) is 0 Å². The molecule has 0 unspecified atom stereocenters. The summed E-state index contributed by atoms with van der Waals surface area (Å²) in [6.07, 6.45) is 4.31. The molecule has 0 aliphatic rings. The van der Waals surface area contributed by atoms with Gasteiger partial charge in [0.05, 0.1) is 17.6 Å². The predicted molar refractivity (Wildman–Crippen MR) is 122 cm³/mol. The van der Waals surface area contributed by atoms with Gasteiger partial charge in [-0.1, -0.05) is 25.1 Å². The van der Waals surface area contributed by atoms with Crippen LogP contribution < -0.4 is 10.1 Å². The maximum atomic E-state index is 11.4. The van der Waals surface area contributed by atoms with E-state index in [0.717, 1.165) is 49.3 Å². The number of aryl methyl sites for hydroxylation is 4. The van der Waals surface area contributed by atoms with Gasteiger partial charge in [0, 0.05) is 25.9 Å². The van der Waals surface area contributed by atoms with Gasteiger partial charge in [-0.3, -0.25) is 4.79 Å². The van der Waals surface area contributed by atoms with Crippen LogP contribution in [0, 0.1) is 13.8 Å². The van der Waals surface area contributed by atoms with E-state index >= 15 is 0 Å². The van der Waals surface area contributed by atoms with Gasteiger partial charge < -0.3 is 14.6 Å². The van der Waals surface area contributed by atoms with Crippen molar-refractivity contribution in [2.75, 3.05) is 13.2 Å². The highest BCUT2D eigenvalue weighted by Crippen LogP contribution is 2.19. The van der Waals surface area contributed by atoms with E-state index in [9.17, 15) is 4.79 Å². The van der Waals surface area contributed by atoms with Crippen molar-refractivity contribution in [1.29, 1.82) is 0 Å². The molecular formula is C25H33N3O2. The Balaban J connectivity index is 1.54. The third kappa shape index (κ3) is 6.09. The first-order chi connectivity index (χ1) is 14.6. The maximum Gasteiger partial charge on any atom is 0.219 e. The topological polar surface area (TPSA) is 56.2 Å². The largest absolute Gasteiger partial charge is 0.494 e. The molecule has 30 heavy (non-hydrogen) atoms. The Morgan fingerprint density at radius 3 is 2.60 bits per heavy atom. The highest BCUT2D eigenvalue weighted by molar-refractivity contribution is 5.76. The van der Waals surface area contributed by atoms with Crippen molar-refractivity contribution in [2.45, 2.75) is 59.4 Å². The highest BCUT2D eigenvalue weighted by atomic mass is 16.5. The average Bonchev–Trinajstić information content (AvgIpc) is 3.07. The number of fused-ring (bicyclic) bond motifs is 1. The molecule has 3 rings (SSSR count). The first-order valence-corrected chi connectivity index (χ1v) is 11.0. The molecule has 0 bridgehead atoms. The number of nitrogens with zero attached hydrogens (tertiary/aromatic N) is 2. The number of para-hydroxylation sites is 2. The number of ether oxygens (including phenoxy) is 1. The zero-order valence-corrected chi connectivity index (χ0v) is 18.4. The monoisotopic (exact) mass is 407 g/mol. The number of aromatic nitrogens is 2. The summed E-state index contributed by atoms with van der Waals surface area (Å²) >= 11 is 0. The molecule has 0 radical (unpaired) electrons. The fourth-order valence-electron chi connectivity index (χ4n) is 3.74. The second kappa shape index (κ2) is 10.8. The number of carbonyl (C=O) groups excluding carboxylic acids is 1. The molecule has 0 aliphatic carbocycles. The van der Waals surface area contributed by atoms with Gasteiger partial charge in [0.2, 0.25) is 5.91 Å². The van der Waals surface area contributed by atoms with Crippen LogP contribution in [0.25, 0.3) is 11.0 Å². The van der Waals surface area contributed by atoms with Crippen LogP contribution in [0.15, 0.2) is 42.5 Å². The fraction of sp³-hybridized carbons (Fsp3) is 0.440. The second-order valence-electron chi connectivity index (χ2n) is 7.85. The van der Waals surface area contributed by atoms with E-state index in [-0.39, 0.29) is 5.91 Å². The molecule has 0 aliphatic heterocycles. The van der Waals surface area contributed by atoms with Crippen LogP contribution >= 0.6 is 0 Å². The Morgan fingerprint density at radius 2 is 1.83 bits per heavy atom. The van der Waals surface area contributed by atoms with Gasteiger partial charge in [0.15, 0.2) is 0 Å². The third-order valence-corrected chi connectivity index (χ3v) is 5.19. The Labute approximate surface area is 179 Å². The molecule has 0 saturated carbocycles. The van der Waals surface area contributed by atoms with E-state index in [1.807, 2.05) is 13.0 Å². The summed E-state index contributed by atoms with van der Waals surface area (Å²) in [5, 5.41) is 2.95. The number of unbranched alkanes of at least 4 members (excludes halogenated alkanes) is 1. The Kier molecular flexibility index (Phi) is 7.89. The lowest BCUT2D eigenvalue weighted by Crippen LogP contribution is -2.23. The number of hydrogen-bond donors (Lipinski definition) is 1.